The molecule has 1 unspecified atom stereocenters. The molecule has 1 heterocycles. The van der Waals surface area contributed by atoms with Crippen molar-refractivity contribution >= 4 is 12.3 Å². The van der Waals surface area contributed by atoms with Crippen molar-refractivity contribution in [3.05, 3.63) is 0 Å². The summed E-state index contributed by atoms with van der Waals surface area (Å²) < 4.78 is 0. The van der Waals surface area contributed by atoms with Gasteiger partial charge in [0.1, 0.15) is 6.23 Å². The first-order valence-electron chi connectivity index (χ1n) is 3.90. The number of carbonyl (C=O) groups excluding carboxylic acids is 2. The normalized spacial score (nSPS) is 22.4. The Morgan fingerprint density at radius 3 is 3.00 bits per heavy atom. The first kappa shape index (κ1) is 8.99. The van der Waals surface area contributed by atoms with Crippen LogP contribution in [0.5, 0.6) is 0 Å². The zero-order valence-corrected chi connectivity index (χ0v) is 6.69. The highest BCUT2D eigenvalue weighted by Gasteiger charge is 2.25. The number of aliphatic hydroxyl groups excluding tert-OH is 1. The van der Waals surface area contributed by atoms with Gasteiger partial charge in [-0.15, -0.1) is 0 Å². The monoisotopic (exact) mass is 172 g/mol. The summed E-state index contributed by atoms with van der Waals surface area (Å²) in [6, 6.07) is 0. The fourth-order valence-corrected chi connectivity index (χ4v) is 1.27. The van der Waals surface area contributed by atoms with E-state index in [-0.39, 0.29) is 12.5 Å². The van der Waals surface area contributed by atoms with E-state index in [0.29, 0.717) is 19.4 Å². The van der Waals surface area contributed by atoms with Gasteiger partial charge in [0.15, 0.2) is 0 Å². The molecule has 0 spiro atoms. The molecule has 1 saturated heterocycles. The van der Waals surface area contributed by atoms with Gasteiger partial charge in [-0.25, -0.2) is 0 Å². The molecule has 0 aromatic carbocycles. The molecular weight excluding hydrogens is 160 g/mol. The summed E-state index contributed by atoms with van der Waals surface area (Å²) in [5, 5.41) is 11.5. The smallest absolute Gasteiger partial charge is 0.243 e. The van der Waals surface area contributed by atoms with Crippen LogP contribution in [-0.2, 0) is 9.59 Å². The summed E-state index contributed by atoms with van der Waals surface area (Å²) in [6.07, 6.45) is 1.27. The van der Waals surface area contributed by atoms with E-state index >= 15 is 0 Å². The van der Waals surface area contributed by atoms with Crippen LogP contribution >= 0.6 is 0 Å². The van der Waals surface area contributed by atoms with E-state index in [1.54, 1.807) is 0 Å². The second-order valence-corrected chi connectivity index (χ2v) is 2.71. The number of nitrogens with zero attached hydrogens (tertiary/aromatic N) is 1. The van der Waals surface area contributed by atoms with Crippen LogP contribution in [0, 0.1) is 0 Å². The van der Waals surface area contributed by atoms with Crippen molar-refractivity contribution < 1.29 is 14.7 Å². The van der Waals surface area contributed by atoms with E-state index < -0.39 is 6.23 Å². The Morgan fingerprint density at radius 2 is 2.50 bits per heavy atom. The average Bonchev–Trinajstić information content (AvgIpc) is 2.47. The minimum Gasteiger partial charge on any atom is -0.374 e. The van der Waals surface area contributed by atoms with E-state index in [1.165, 1.54) is 4.90 Å². The van der Waals surface area contributed by atoms with Crippen LogP contribution in [0.25, 0.3) is 0 Å². The topological polar surface area (TPSA) is 69.6 Å². The van der Waals surface area contributed by atoms with Gasteiger partial charge in [0.05, 0.1) is 6.54 Å². The van der Waals surface area contributed by atoms with E-state index in [1.807, 2.05) is 0 Å². The zero-order valence-electron chi connectivity index (χ0n) is 6.69. The molecule has 0 aromatic heterocycles. The van der Waals surface area contributed by atoms with E-state index in [9.17, 15) is 14.7 Å². The molecule has 0 aromatic rings. The molecular formula is C7H12N2O3. The largest absolute Gasteiger partial charge is 0.374 e. The molecule has 2 N–H and O–H groups in total. The summed E-state index contributed by atoms with van der Waals surface area (Å²) >= 11 is 0. The van der Waals surface area contributed by atoms with E-state index in [0.717, 1.165) is 6.42 Å². The third-order valence-corrected chi connectivity index (χ3v) is 1.88. The van der Waals surface area contributed by atoms with Crippen molar-refractivity contribution in [2.75, 3.05) is 13.1 Å². The summed E-state index contributed by atoms with van der Waals surface area (Å²) in [5.74, 6) is -0.230. The SMILES string of the molecule is O=CNCC(=O)N1CCCC1O. The van der Waals surface area contributed by atoms with Crippen molar-refractivity contribution in [1.29, 1.82) is 0 Å². The number of rotatable bonds is 3. The van der Waals surface area contributed by atoms with Gasteiger partial charge < -0.3 is 15.3 Å². The minimum absolute atomic E-state index is 0.0272. The standard InChI is InChI=1S/C7H12N2O3/c10-5-8-4-7(12)9-3-1-2-6(9)11/h5-6,11H,1-4H2,(H,8,10). The van der Waals surface area contributed by atoms with Crippen molar-refractivity contribution in [2.45, 2.75) is 19.1 Å². The number of carbonyl (C=O) groups is 2. The zero-order chi connectivity index (χ0) is 8.97. The van der Waals surface area contributed by atoms with Crippen molar-refractivity contribution in [3.8, 4) is 0 Å². The summed E-state index contributed by atoms with van der Waals surface area (Å²) in [4.78, 5) is 22.4. The van der Waals surface area contributed by atoms with Gasteiger partial charge in [-0.1, -0.05) is 0 Å². The Balaban J connectivity index is 2.35. The molecule has 1 aliphatic heterocycles. The molecule has 1 atom stereocenters. The molecule has 1 fully saturated rings. The Kier molecular flexibility index (Phi) is 3.04. The first-order chi connectivity index (χ1) is 5.75. The lowest BCUT2D eigenvalue weighted by molar-refractivity contribution is -0.137. The molecule has 1 aliphatic rings. The molecule has 68 valence electrons. The maximum atomic E-state index is 11.2. The van der Waals surface area contributed by atoms with Gasteiger partial charge in [-0.2, -0.15) is 0 Å². The van der Waals surface area contributed by atoms with Crippen LogP contribution in [0.15, 0.2) is 0 Å². The molecule has 0 aliphatic carbocycles. The number of hydrogen-bond donors (Lipinski definition) is 2. The highest BCUT2D eigenvalue weighted by Crippen LogP contribution is 2.13. The third-order valence-electron chi connectivity index (χ3n) is 1.88. The Bertz CT molecular complexity index is 183. The van der Waals surface area contributed by atoms with Crippen LogP contribution in [0.2, 0.25) is 0 Å². The predicted molar refractivity (Wildman–Crippen MR) is 41.0 cm³/mol. The van der Waals surface area contributed by atoms with Crippen molar-refractivity contribution in [2.24, 2.45) is 0 Å². The number of nitrogens with one attached hydrogen (secondary N) is 1. The minimum atomic E-state index is -0.661. The van der Waals surface area contributed by atoms with Crippen LogP contribution in [0.4, 0.5) is 0 Å². The fraction of sp³-hybridized carbons (Fsp3) is 0.714. The fourth-order valence-electron chi connectivity index (χ4n) is 1.27. The van der Waals surface area contributed by atoms with Crippen LogP contribution < -0.4 is 5.32 Å². The Morgan fingerprint density at radius 1 is 1.75 bits per heavy atom. The quantitative estimate of drug-likeness (QED) is 0.518. The number of aliphatic hydroxyl groups is 1. The Hall–Kier alpha value is -1.10. The lowest BCUT2D eigenvalue weighted by Crippen LogP contribution is -2.40. The van der Waals surface area contributed by atoms with Crippen LogP contribution in [0.3, 0.4) is 0 Å². The predicted octanol–water partition coefficient (Wildman–Crippen LogP) is -1.33. The molecule has 0 bridgehead atoms. The lowest BCUT2D eigenvalue weighted by Gasteiger charge is -2.19. The lowest BCUT2D eigenvalue weighted by atomic mass is 10.4. The second-order valence-electron chi connectivity index (χ2n) is 2.71. The average molecular weight is 172 g/mol. The van der Waals surface area contributed by atoms with E-state index in [4.69, 9.17) is 0 Å². The van der Waals surface area contributed by atoms with Gasteiger partial charge in [-0.3, -0.25) is 9.59 Å². The molecule has 1 rings (SSSR count). The van der Waals surface area contributed by atoms with Gasteiger partial charge in [0.25, 0.3) is 0 Å². The molecule has 2 amide bonds. The summed E-state index contributed by atoms with van der Waals surface area (Å²) in [5.41, 5.74) is 0. The van der Waals surface area contributed by atoms with Gasteiger partial charge in [-0.05, 0) is 12.8 Å². The highest BCUT2D eigenvalue weighted by molar-refractivity contribution is 5.80. The maximum absolute atomic E-state index is 11.2. The van der Waals surface area contributed by atoms with Crippen molar-refractivity contribution in [1.82, 2.24) is 10.2 Å². The molecule has 0 saturated carbocycles. The van der Waals surface area contributed by atoms with Gasteiger partial charge in [0.2, 0.25) is 12.3 Å². The molecule has 5 heteroatoms. The summed E-state index contributed by atoms with van der Waals surface area (Å²) in [6.45, 7) is 0.557. The first-order valence-corrected chi connectivity index (χ1v) is 3.90. The number of likely N-dealkylation sites (tertiary alicyclic amines) is 1. The number of amides is 2. The summed E-state index contributed by atoms with van der Waals surface area (Å²) in [7, 11) is 0. The highest BCUT2D eigenvalue weighted by atomic mass is 16.3. The van der Waals surface area contributed by atoms with Gasteiger partial charge in [0, 0.05) is 6.54 Å². The molecule has 5 nitrogen and oxygen atoms in total. The maximum Gasteiger partial charge on any atom is 0.243 e. The molecule has 0 radical (unpaired) electrons. The second kappa shape index (κ2) is 4.06. The van der Waals surface area contributed by atoms with Crippen LogP contribution in [0.1, 0.15) is 12.8 Å². The van der Waals surface area contributed by atoms with Gasteiger partial charge >= 0.3 is 0 Å². The molecule has 12 heavy (non-hydrogen) atoms. The number of hydrogen-bond acceptors (Lipinski definition) is 3. The van der Waals surface area contributed by atoms with Crippen molar-refractivity contribution in [3.63, 3.8) is 0 Å². The Labute approximate surface area is 70.4 Å². The van der Waals surface area contributed by atoms with Crippen LogP contribution in [-0.4, -0.2) is 41.6 Å². The third kappa shape index (κ3) is 1.94. The van der Waals surface area contributed by atoms with E-state index in [2.05, 4.69) is 5.32 Å².